The van der Waals surface area contributed by atoms with Gasteiger partial charge in [0, 0.05) is 37.2 Å². The number of thiocarbonyl (C=S) groups is 1. The van der Waals surface area contributed by atoms with Gasteiger partial charge in [0.15, 0.2) is 5.11 Å². The quantitative estimate of drug-likeness (QED) is 0.161. The van der Waals surface area contributed by atoms with E-state index < -0.39 is 22.8 Å². The molecule has 2 N–H and O–H groups in total. The number of amides is 1. The van der Waals surface area contributed by atoms with Crippen LogP contribution in [0.1, 0.15) is 35.8 Å². The summed E-state index contributed by atoms with van der Waals surface area (Å²) in [6.45, 7) is 4.72. The third kappa shape index (κ3) is 5.99. The molecule has 12 heteroatoms. The van der Waals surface area contributed by atoms with Crippen molar-refractivity contribution in [3.05, 3.63) is 80.0 Å². The second-order valence-corrected chi connectivity index (χ2v) is 8.55. The first-order chi connectivity index (χ1) is 17.2. The molecule has 0 aromatic heterocycles. The fourth-order valence-corrected chi connectivity index (χ4v) is 4.38. The summed E-state index contributed by atoms with van der Waals surface area (Å²) in [5, 5.41) is 17.3. The number of esters is 1. The molecule has 190 valence electrons. The number of halogens is 1. The van der Waals surface area contributed by atoms with Crippen LogP contribution in [0.15, 0.2) is 53.7 Å². The van der Waals surface area contributed by atoms with Gasteiger partial charge >= 0.3 is 5.97 Å². The van der Waals surface area contributed by atoms with Crippen LogP contribution >= 0.6 is 23.8 Å². The molecule has 0 fully saturated rings. The summed E-state index contributed by atoms with van der Waals surface area (Å²) in [6, 6.07) is 9.94. The van der Waals surface area contributed by atoms with Gasteiger partial charge in [0.1, 0.15) is 6.61 Å². The number of hydrogen-bond acceptors (Lipinski definition) is 7. The van der Waals surface area contributed by atoms with Gasteiger partial charge in [-0.2, -0.15) is 0 Å². The molecule has 0 saturated carbocycles. The molecule has 1 atom stereocenters. The average Bonchev–Trinajstić information content (AvgIpc) is 2.84. The number of nitrogens with one attached hydrogen (secondary N) is 2. The highest BCUT2D eigenvalue weighted by Gasteiger charge is 2.34. The molecule has 2 aromatic carbocycles. The number of rotatable bonds is 9. The third-order valence-corrected chi connectivity index (χ3v) is 6.21. The van der Waals surface area contributed by atoms with Crippen molar-refractivity contribution >= 4 is 52.2 Å². The normalized spacial score (nSPS) is 15.4. The van der Waals surface area contributed by atoms with E-state index in [1.165, 1.54) is 19.2 Å². The molecular formula is C24H25ClN4O6S. The predicted molar refractivity (Wildman–Crippen MR) is 139 cm³/mol. The maximum atomic E-state index is 12.9. The lowest BCUT2D eigenvalue weighted by molar-refractivity contribution is -0.384. The standard InChI is InChI=1S/C24H25ClN4O6S/c1-4-28-14(2)20(23(31)35-12-11-34-3)21(27-24(28)36)15-5-7-16(8-6-15)26-22(30)18-10-9-17(29(32)33)13-19(18)25/h5-10,13,21H,4,11-12H2,1-3H3,(H,26,30)(H,27,36). The van der Waals surface area contributed by atoms with Gasteiger partial charge in [-0.1, -0.05) is 23.7 Å². The number of nitro groups is 1. The zero-order valence-corrected chi connectivity index (χ0v) is 21.4. The number of nitrogens with zero attached hydrogens (tertiary/aromatic N) is 2. The maximum absolute atomic E-state index is 12.9. The topological polar surface area (TPSA) is 123 Å². The minimum atomic E-state index is -0.589. The van der Waals surface area contributed by atoms with E-state index in [1.54, 1.807) is 24.3 Å². The zero-order chi connectivity index (χ0) is 26.4. The zero-order valence-electron chi connectivity index (χ0n) is 19.9. The Morgan fingerprint density at radius 1 is 1.22 bits per heavy atom. The van der Waals surface area contributed by atoms with Crippen LogP contribution in [0.25, 0.3) is 0 Å². The SMILES string of the molecule is CCN1C(=S)NC(c2ccc(NC(=O)c3ccc([N+](=O)[O-])cc3Cl)cc2)C(C(=O)OCCOC)=C1C. The number of ether oxygens (including phenoxy) is 2. The minimum absolute atomic E-state index is 0.0315. The molecule has 2 aromatic rings. The summed E-state index contributed by atoms with van der Waals surface area (Å²) in [5.74, 6) is -0.996. The van der Waals surface area contributed by atoms with Crippen molar-refractivity contribution in [1.29, 1.82) is 0 Å². The van der Waals surface area contributed by atoms with E-state index in [0.717, 1.165) is 11.6 Å². The predicted octanol–water partition coefficient (Wildman–Crippen LogP) is 4.22. The Bertz CT molecular complexity index is 1220. The van der Waals surface area contributed by atoms with Crippen LogP contribution in [0.2, 0.25) is 5.02 Å². The highest BCUT2D eigenvalue weighted by atomic mass is 35.5. The molecule has 0 spiro atoms. The van der Waals surface area contributed by atoms with Gasteiger partial charge in [-0.25, -0.2) is 4.79 Å². The van der Waals surface area contributed by atoms with Crippen molar-refractivity contribution in [2.75, 3.05) is 32.2 Å². The number of nitro benzene ring substituents is 1. The summed E-state index contributed by atoms with van der Waals surface area (Å²) in [6.07, 6.45) is 0. The summed E-state index contributed by atoms with van der Waals surface area (Å²) < 4.78 is 10.4. The molecular weight excluding hydrogens is 508 g/mol. The lowest BCUT2D eigenvalue weighted by Crippen LogP contribution is -2.47. The molecule has 1 unspecified atom stereocenters. The van der Waals surface area contributed by atoms with Crippen molar-refractivity contribution in [2.24, 2.45) is 0 Å². The lowest BCUT2D eigenvalue weighted by atomic mass is 9.95. The van der Waals surface area contributed by atoms with E-state index in [0.29, 0.717) is 28.6 Å². The Hall–Kier alpha value is -3.54. The minimum Gasteiger partial charge on any atom is -0.460 e. The molecule has 0 bridgehead atoms. The van der Waals surface area contributed by atoms with Gasteiger partial charge in [-0.15, -0.1) is 0 Å². The van der Waals surface area contributed by atoms with E-state index >= 15 is 0 Å². The van der Waals surface area contributed by atoms with Crippen LogP contribution in [0.3, 0.4) is 0 Å². The molecule has 3 rings (SSSR count). The van der Waals surface area contributed by atoms with Crippen molar-refractivity contribution < 1.29 is 24.0 Å². The monoisotopic (exact) mass is 532 g/mol. The molecule has 0 radical (unpaired) electrons. The van der Waals surface area contributed by atoms with Gasteiger partial charge in [-0.3, -0.25) is 14.9 Å². The first-order valence-corrected chi connectivity index (χ1v) is 11.8. The Kier molecular flexibility index (Phi) is 8.97. The van der Waals surface area contributed by atoms with Crippen LogP contribution < -0.4 is 10.6 Å². The molecule has 0 saturated heterocycles. The summed E-state index contributed by atoms with van der Waals surface area (Å²) in [7, 11) is 1.52. The highest BCUT2D eigenvalue weighted by molar-refractivity contribution is 7.80. The first kappa shape index (κ1) is 27.1. The van der Waals surface area contributed by atoms with Crippen molar-refractivity contribution in [3.8, 4) is 0 Å². The Labute approximate surface area is 218 Å². The first-order valence-electron chi connectivity index (χ1n) is 11.0. The summed E-state index contributed by atoms with van der Waals surface area (Å²) in [5.41, 5.74) is 2.22. The number of methoxy groups -OCH3 is 1. The lowest BCUT2D eigenvalue weighted by Gasteiger charge is -2.37. The number of carbonyl (C=O) groups excluding carboxylic acids is 2. The van der Waals surface area contributed by atoms with Crippen molar-refractivity contribution in [3.63, 3.8) is 0 Å². The van der Waals surface area contributed by atoms with Gasteiger partial charge in [0.05, 0.1) is 33.7 Å². The van der Waals surface area contributed by atoms with Crippen LogP contribution in [0.5, 0.6) is 0 Å². The molecule has 10 nitrogen and oxygen atoms in total. The van der Waals surface area contributed by atoms with Gasteiger partial charge in [-0.05, 0) is 49.8 Å². The van der Waals surface area contributed by atoms with E-state index in [4.69, 9.17) is 33.3 Å². The Morgan fingerprint density at radius 2 is 1.92 bits per heavy atom. The largest absolute Gasteiger partial charge is 0.460 e. The van der Waals surface area contributed by atoms with E-state index in [9.17, 15) is 19.7 Å². The smallest absolute Gasteiger partial charge is 0.338 e. The number of allylic oxidation sites excluding steroid dienone is 1. The Balaban J connectivity index is 1.83. The molecule has 1 aliphatic heterocycles. The summed E-state index contributed by atoms with van der Waals surface area (Å²) >= 11 is 11.6. The third-order valence-electron chi connectivity index (χ3n) is 5.56. The fraction of sp³-hybridized carbons (Fsp3) is 0.292. The number of benzene rings is 2. The number of anilines is 1. The summed E-state index contributed by atoms with van der Waals surface area (Å²) in [4.78, 5) is 37.7. The van der Waals surface area contributed by atoms with Crippen LogP contribution in [0, 0.1) is 10.1 Å². The van der Waals surface area contributed by atoms with Crippen molar-refractivity contribution in [2.45, 2.75) is 19.9 Å². The van der Waals surface area contributed by atoms with Gasteiger partial charge in [0.25, 0.3) is 11.6 Å². The van der Waals surface area contributed by atoms with Crippen LogP contribution in [-0.2, 0) is 14.3 Å². The highest BCUT2D eigenvalue weighted by Crippen LogP contribution is 2.32. The van der Waals surface area contributed by atoms with E-state index in [1.807, 2.05) is 18.7 Å². The number of non-ortho nitro benzene ring substituents is 1. The second kappa shape index (κ2) is 11.9. The molecule has 1 aliphatic rings. The van der Waals surface area contributed by atoms with Crippen LogP contribution in [0.4, 0.5) is 11.4 Å². The van der Waals surface area contributed by atoms with Crippen LogP contribution in [-0.4, -0.2) is 53.7 Å². The fourth-order valence-electron chi connectivity index (χ4n) is 3.73. The Morgan fingerprint density at radius 3 is 2.50 bits per heavy atom. The van der Waals surface area contributed by atoms with Gasteiger partial charge < -0.3 is 25.0 Å². The van der Waals surface area contributed by atoms with E-state index in [-0.39, 0.29) is 29.5 Å². The number of hydrogen-bond donors (Lipinski definition) is 2. The molecule has 0 aliphatic carbocycles. The molecule has 1 amide bonds. The maximum Gasteiger partial charge on any atom is 0.338 e. The molecule has 36 heavy (non-hydrogen) atoms. The van der Waals surface area contributed by atoms with Gasteiger partial charge in [0.2, 0.25) is 0 Å². The average molecular weight is 533 g/mol. The van der Waals surface area contributed by atoms with E-state index in [2.05, 4.69) is 10.6 Å². The number of carbonyl (C=O) groups is 2. The molecule has 1 heterocycles. The van der Waals surface area contributed by atoms with Crippen molar-refractivity contribution in [1.82, 2.24) is 10.2 Å². The second-order valence-electron chi connectivity index (χ2n) is 7.75.